The smallest absolute Gasteiger partial charge is 0.252 e. The maximum atomic E-state index is 12.5. The number of amides is 2. The summed E-state index contributed by atoms with van der Waals surface area (Å²) in [7, 11) is 2.07. The molecule has 7 nitrogen and oxygen atoms in total. The van der Waals surface area contributed by atoms with E-state index < -0.39 is 0 Å². The molecule has 1 fully saturated rings. The van der Waals surface area contributed by atoms with Crippen molar-refractivity contribution in [2.45, 2.75) is 38.4 Å². The Kier molecular flexibility index (Phi) is 7.19. The van der Waals surface area contributed by atoms with Gasteiger partial charge in [-0.05, 0) is 38.1 Å². The van der Waals surface area contributed by atoms with Gasteiger partial charge in [0.05, 0.1) is 5.56 Å². The Morgan fingerprint density at radius 1 is 1.07 bits per heavy atom. The average molecular weight is 396 g/mol. The minimum absolute atomic E-state index is 0.127. The fraction of sp³-hybridized carbons (Fsp3) is 0.409. The van der Waals surface area contributed by atoms with E-state index in [-0.39, 0.29) is 23.9 Å². The molecule has 1 aliphatic heterocycles. The van der Waals surface area contributed by atoms with E-state index in [1.807, 2.05) is 30.3 Å². The monoisotopic (exact) mass is 396 g/mol. The van der Waals surface area contributed by atoms with E-state index in [4.69, 9.17) is 0 Å². The Balaban J connectivity index is 1.56. The summed E-state index contributed by atoms with van der Waals surface area (Å²) >= 11 is 0. The minimum Gasteiger partial charge on any atom is -0.350 e. The van der Waals surface area contributed by atoms with Crippen LogP contribution in [0.4, 0.5) is 0 Å². The summed E-state index contributed by atoms with van der Waals surface area (Å²) in [6, 6.07) is 12.7. The van der Waals surface area contributed by atoms with Crippen molar-refractivity contribution in [1.82, 2.24) is 20.1 Å². The molecule has 1 aromatic carbocycles. The number of carbonyl (C=O) groups excluding carboxylic acids is 2. The lowest BCUT2D eigenvalue weighted by atomic mass is 10.0. The van der Waals surface area contributed by atoms with Crippen molar-refractivity contribution in [3.63, 3.8) is 0 Å². The molecule has 1 atom stereocenters. The first-order chi connectivity index (χ1) is 14.0. The molecule has 0 unspecified atom stereocenters. The van der Waals surface area contributed by atoms with Crippen molar-refractivity contribution in [3.05, 3.63) is 70.1 Å². The van der Waals surface area contributed by atoms with Crippen molar-refractivity contribution in [2.24, 2.45) is 0 Å². The molecule has 7 heteroatoms. The van der Waals surface area contributed by atoms with Crippen LogP contribution in [0.3, 0.4) is 0 Å². The number of piperidine rings is 1. The van der Waals surface area contributed by atoms with Gasteiger partial charge in [-0.25, -0.2) is 0 Å². The Hall–Kier alpha value is -2.93. The first-order valence-corrected chi connectivity index (χ1v) is 10.0. The number of nitrogens with zero attached hydrogens (tertiary/aromatic N) is 2. The molecule has 0 saturated carbocycles. The van der Waals surface area contributed by atoms with Gasteiger partial charge in [-0.1, -0.05) is 36.8 Å². The maximum absolute atomic E-state index is 12.5. The SMILES string of the molecule is CN1CCCC[C@H]1CNC(=O)c1ccc(=O)n(CC(=O)NCc2ccccc2)c1. The highest BCUT2D eigenvalue weighted by molar-refractivity contribution is 5.93. The minimum atomic E-state index is -0.316. The van der Waals surface area contributed by atoms with E-state index in [1.165, 1.54) is 35.7 Å². The zero-order chi connectivity index (χ0) is 20.6. The Bertz CT molecular complexity index is 894. The first-order valence-electron chi connectivity index (χ1n) is 10.0. The van der Waals surface area contributed by atoms with Gasteiger partial charge in [0.1, 0.15) is 6.54 Å². The van der Waals surface area contributed by atoms with E-state index in [9.17, 15) is 14.4 Å². The lowest BCUT2D eigenvalue weighted by Gasteiger charge is -2.32. The molecular weight excluding hydrogens is 368 g/mol. The third kappa shape index (κ3) is 6.02. The summed E-state index contributed by atoms with van der Waals surface area (Å²) < 4.78 is 1.27. The molecule has 0 spiro atoms. The molecule has 1 saturated heterocycles. The maximum Gasteiger partial charge on any atom is 0.252 e. The first kappa shape index (κ1) is 20.8. The van der Waals surface area contributed by atoms with Gasteiger partial charge in [0, 0.05) is 31.4 Å². The molecule has 29 heavy (non-hydrogen) atoms. The van der Waals surface area contributed by atoms with Crippen LogP contribution >= 0.6 is 0 Å². The molecule has 3 rings (SSSR count). The van der Waals surface area contributed by atoms with Crippen LogP contribution < -0.4 is 16.2 Å². The summed E-state index contributed by atoms with van der Waals surface area (Å²) in [4.78, 5) is 39.1. The Labute approximate surface area is 170 Å². The van der Waals surface area contributed by atoms with Gasteiger partial charge >= 0.3 is 0 Å². The van der Waals surface area contributed by atoms with Crippen LogP contribution in [0, 0.1) is 0 Å². The molecule has 0 bridgehead atoms. The standard InChI is InChI=1S/C22H28N4O3/c1-25-12-6-5-9-19(25)14-24-22(29)18-10-11-21(28)26(15-18)16-20(27)23-13-17-7-3-2-4-8-17/h2-4,7-8,10-11,15,19H,5-6,9,12-14,16H2,1H3,(H,23,27)(H,24,29)/t19-/m0/s1. The van der Waals surface area contributed by atoms with E-state index in [2.05, 4.69) is 22.6 Å². The van der Waals surface area contributed by atoms with Crippen molar-refractivity contribution in [2.75, 3.05) is 20.1 Å². The van der Waals surface area contributed by atoms with Gasteiger partial charge in [-0.2, -0.15) is 0 Å². The number of hydrogen-bond acceptors (Lipinski definition) is 4. The number of benzene rings is 1. The molecule has 2 N–H and O–H groups in total. The molecule has 1 aromatic heterocycles. The summed E-state index contributed by atoms with van der Waals surface area (Å²) in [6.45, 7) is 1.89. The second-order valence-corrected chi connectivity index (χ2v) is 7.49. The van der Waals surface area contributed by atoms with E-state index in [0.717, 1.165) is 18.5 Å². The number of hydrogen-bond donors (Lipinski definition) is 2. The van der Waals surface area contributed by atoms with E-state index in [1.54, 1.807) is 0 Å². The highest BCUT2D eigenvalue weighted by Crippen LogP contribution is 2.14. The van der Waals surface area contributed by atoms with Crippen LogP contribution in [0.1, 0.15) is 35.2 Å². The number of likely N-dealkylation sites (tertiary alicyclic amines) is 1. The van der Waals surface area contributed by atoms with Crippen molar-refractivity contribution < 1.29 is 9.59 Å². The molecule has 0 aliphatic carbocycles. The number of pyridine rings is 1. The number of aromatic nitrogens is 1. The van der Waals surface area contributed by atoms with Crippen molar-refractivity contribution in [1.29, 1.82) is 0 Å². The fourth-order valence-corrected chi connectivity index (χ4v) is 3.51. The lowest BCUT2D eigenvalue weighted by molar-refractivity contribution is -0.121. The fourth-order valence-electron chi connectivity index (χ4n) is 3.51. The summed E-state index contributed by atoms with van der Waals surface area (Å²) in [5.41, 5.74) is 1.04. The number of nitrogens with one attached hydrogen (secondary N) is 2. The Morgan fingerprint density at radius 2 is 1.86 bits per heavy atom. The average Bonchev–Trinajstić information content (AvgIpc) is 2.74. The predicted molar refractivity (Wildman–Crippen MR) is 112 cm³/mol. The van der Waals surface area contributed by atoms with Gasteiger partial charge in [0.2, 0.25) is 5.91 Å². The van der Waals surface area contributed by atoms with Crippen LogP contribution in [0.2, 0.25) is 0 Å². The number of likely N-dealkylation sites (N-methyl/N-ethyl adjacent to an activating group) is 1. The second kappa shape index (κ2) is 10.0. The zero-order valence-electron chi connectivity index (χ0n) is 16.8. The molecule has 154 valence electrons. The largest absolute Gasteiger partial charge is 0.350 e. The highest BCUT2D eigenvalue weighted by Gasteiger charge is 2.19. The number of carbonyl (C=O) groups is 2. The van der Waals surface area contributed by atoms with Crippen LogP contribution in [0.5, 0.6) is 0 Å². The topological polar surface area (TPSA) is 83.4 Å². The number of rotatable bonds is 7. The molecule has 1 aliphatic rings. The molecular formula is C22H28N4O3. The molecule has 0 radical (unpaired) electrons. The lowest BCUT2D eigenvalue weighted by Crippen LogP contribution is -2.44. The zero-order valence-corrected chi connectivity index (χ0v) is 16.8. The van der Waals surface area contributed by atoms with E-state index >= 15 is 0 Å². The van der Waals surface area contributed by atoms with Crippen molar-refractivity contribution >= 4 is 11.8 Å². The van der Waals surface area contributed by atoms with Crippen LogP contribution in [0.15, 0.2) is 53.5 Å². The summed E-state index contributed by atoms with van der Waals surface area (Å²) in [5.74, 6) is -0.514. The van der Waals surface area contributed by atoms with Gasteiger partial charge in [0.15, 0.2) is 0 Å². The quantitative estimate of drug-likeness (QED) is 0.741. The van der Waals surface area contributed by atoms with Gasteiger partial charge in [0.25, 0.3) is 11.5 Å². The van der Waals surface area contributed by atoms with Gasteiger partial charge in [-0.15, -0.1) is 0 Å². The van der Waals surface area contributed by atoms with E-state index in [0.29, 0.717) is 24.7 Å². The predicted octanol–water partition coefficient (Wildman–Crippen LogP) is 1.38. The molecule has 2 heterocycles. The third-order valence-corrected chi connectivity index (χ3v) is 5.31. The van der Waals surface area contributed by atoms with Gasteiger partial charge < -0.3 is 20.1 Å². The van der Waals surface area contributed by atoms with Crippen LogP contribution in [0.25, 0.3) is 0 Å². The molecule has 2 amide bonds. The highest BCUT2D eigenvalue weighted by atomic mass is 16.2. The second-order valence-electron chi connectivity index (χ2n) is 7.49. The third-order valence-electron chi connectivity index (χ3n) is 5.31. The summed E-state index contributed by atoms with van der Waals surface area (Å²) in [5, 5.41) is 5.74. The van der Waals surface area contributed by atoms with Crippen LogP contribution in [-0.2, 0) is 17.9 Å². The van der Waals surface area contributed by atoms with Gasteiger partial charge in [-0.3, -0.25) is 14.4 Å². The molecule has 2 aromatic rings. The van der Waals surface area contributed by atoms with Crippen LogP contribution in [-0.4, -0.2) is 47.5 Å². The Morgan fingerprint density at radius 3 is 2.62 bits per heavy atom. The normalized spacial score (nSPS) is 16.9. The van der Waals surface area contributed by atoms with Crippen molar-refractivity contribution in [3.8, 4) is 0 Å². The summed E-state index contributed by atoms with van der Waals surface area (Å²) in [6.07, 6.45) is 4.88.